The molecule has 29 heavy (non-hydrogen) atoms. The second-order valence-corrected chi connectivity index (χ2v) is 9.56. The summed E-state index contributed by atoms with van der Waals surface area (Å²) in [5, 5.41) is 4.48. The fourth-order valence-corrected chi connectivity index (χ4v) is 6.09. The van der Waals surface area contributed by atoms with E-state index in [1.165, 1.54) is 10.4 Å². The van der Waals surface area contributed by atoms with Gasteiger partial charge in [0, 0.05) is 37.6 Å². The monoisotopic (exact) mass is 437 g/mol. The van der Waals surface area contributed by atoms with E-state index in [-0.39, 0.29) is 9.77 Å². The molecule has 1 aromatic heterocycles. The number of carbonyl (C=O) groups excluding carboxylic acids is 1. The van der Waals surface area contributed by atoms with Crippen molar-refractivity contribution in [3.63, 3.8) is 0 Å². The number of morpholine rings is 2. The van der Waals surface area contributed by atoms with E-state index in [0.29, 0.717) is 45.2 Å². The highest BCUT2D eigenvalue weighted by molar-refractivity contribution is 7.89. The summed E-state index contributed by atoms with van der Waals surface area (Å²) in [6.45, 7) is 4.25. The van der Waals surface area contributed by atoms with Gasteiger partial charge in [0.25, 0.3) is 5.91 Å². The maximum Gasteiger partial charge on any atom is 0.267 e. The molecule has 0 aliphatic carbocycles. The smallest absolute Gasteiger partial charge is 0.267 e. The molecule has 2 aliphatic rings. The lowest BCUT2D eigenvalue weighted by atomic mass is 10.2. The van der Waals surface area contributed by atoms with Crippen LogP contribution in [0.4, 0.5) is 11.4 Å². The lowest BCUT2D eigenvalue weighted by Gasteiger charge is -2.29. The molecule has 2 aliphatic heterocycles. The summed E-state index contributed by atoms with van der Waals surface area (Å²) < 4.78 is 37.9. The van der Waals surface area contributed by atoms with Crippen LogP contribution >= 0.6 is 11.3 Å². The number of hydrogen-bond acceptors (Lipinski definition) is 7. The Hall–Kier alpha value is -1.98. The second-order valence-electron chi connectivity index (χ2n) is 6.73. The number of amides is 1. The van der Waals surface area contributed by atoms with Crippen molar-refractivity contribution in [3.05, 3.63) is 40.6 Å². The zero-order chi connectivity index (χ0) is 20.3. The number of rotatable bonds is 5. The maximum atomic E-state index is 13.0. The fourth-order valence-electron chi connectivity index (χ4n) is 3.38. The van der Waals surface area contributed by atoms with Gasteiger partial charge in [-0.2, -0.15) is 4.31 Å². The number of carbonyl (C=O) groups is 1. The van der Waals surface area contributed by atoms with Gasteiger partial charge in [0.15, 0.2) is 0 Å². The van der Waals surface area contributed by atoms with Crippen LogP contribution in [-0.4, -0.2) is 71.2 Å². The summed E-state index contributed by atoms with van der Waals surface area (Å²) in [6, 6.07) is 9.05. The minimum Gasteiger partial charge on any atom is -0.379 e. The summed E-state index contributed by atoms with van der Waals surface area (Å²) in [7, 11) is -3.73. The summed E-state index contributed by atoms with van der Waals surface area (Å²) >= 11 is 1.12. The van der Waals surface area contributed by atoms with E-state index in [2.05, 4.69) is 10.2 Å². The molecule has 1 aromatic carbocycles. The summed E-state index contributed by atoms with van der Waals surface area (Å²) in [5.41, 5.74) is 1.63. The van der Waals surface area contributed by atoms with Crippen molar-refractivity contribution in [1.29, 1.82) is 0 Å². The van der Waals surface area contributed by atoms with Gasteiger partial charge in [-0.15, -0.1) is 11.3 Å². The van der Waals surface area contributed by atoms with Crippen molar-refractivity contribution >= 4 is 38.6 Å². The third-order valence-corrected chi connectivity index (χ3v) is 7.89. The lowest BCUT2D eigenvalue weighted by molar-refractivity contribution is 0.0730. The molecule has 0 bridgehead atoms. The third-order valence-electron chi connectivity index (χ3n) is 4.90. The van der Waals surface area contributed by atoms with E-state index in [9.17, 15) is 13.2 Å². The number of nitrogens with zero attached hydrogens (tertiary/aromatic N) is 2. The number of ether oxygens (including phenoxy) is 2. The van der Waals surface area contributed by atoms with E-state index >= 15 is 0 Å². The molecule has 1 N–H and O–H groups in total. The van der Waals surface area contributed by atoms with Crippen LogP contribution in [0.5, 0.6) is 0 Å². The molecule has 8 nitrogen and oxygen atoms in total. The highest BCUT2D eigenvalue weighted by Crippen LogP contribution is 2.27. The minimum atomic E-state index is -3.73. The molecule has 3 heterocycles. The third kappa shape index (κ3) is 4.46. The topological polar surface area (TPSA) is 88.2 Å². The number of sulfonamides is 1. The number of thiophene rings is 1. The Balaban J connectivity index is 1.52. The Labute approximate surface area is 174 Å². The Morgan fingerprint density at radius 3 is 2.41 bits per heavy atom. The molecule has 10 heteroatoms. The predicted octanol–water partition coefficient (Wildman–Crippen LogP) is 1.86. The van der Waals surface area contributed by atoms with Gasteiger partial charge in [0.1, 0.15) is 9.77 Å². The molecule has 2 aromatic rings. The maximum absolute atomic E-state index is 13.0. The predicted molar refractivity (Wildman–Crippen MR) is 111 cm³/mol. The van der Waals surface area contributed by atoms with Crippen molar-refractivity contribution in [2.45, 2.75) is 4.90 Å². The molecule has 0 saturated carbocycles. The Bertz CT molecular complexity index is 964. The number of hydrogen-bond donors (Lipinski definition) is 1. The van der Waals surface area contributed by atoms with Gasteiger partial charge in [-0.05, 0) is 29.6 Å². The van der Waals surface area contributed by atoms with Crippen LogP contribution in [-0.2, 0) is 19.5 Å². The molecule has 4 rings (SSSR count). The Kier molecular flexibility index (Phi) is 6.16. The number of anilines is 2. The van der Waals surface area contributed by atoms with Gasteiger partial charge in [-0.3, -0.25) is 4.79 Å². The summed E-state index contributed by atoms with van der Waals surface area (Å²) in [6.07, 6.45) is 0. The highest BCUT2D eigenvalue weighted by atomic mass is 32.2. The van der Waals surface area contributed by atoms with E-state index in [1.807, 2.05) is 18.2 Å². The van der Waals surface area contributed by atoms with Crippen molar-refractivity contribution in [2.75, 3.05) is 62.8 Å². The van der Waals surface area contributed by atoms with Crippen molar-refractivity contribution in [1.82, 2.24) is 4.31 Å². The van der Waals surface area contributed by atoms with Crippen LogP contribution in [0.2, 0.25) is 0 Å². The molecule has 0 unspecified atom stereocenters. The Morgan fingerprint density at radius 1 is 1.00 bits per heavy atom. The van der Waals surface area contributed by atoms with Crippen LogP contribution < -0.4 is 10.2 Å². The van der Waals surface area contributed by atoms with E-state index in [4.69, 9.17) is 9.47 Å². The Morgan fingerprint density at radius 2 is 1.69 bits per heavy atom. The van der Waals surface area contributed by atoms with Crippen molar-refractivity contribution < 1.29 is 22.7 Å². The molecule has 0 spiro atoms. The first-order chi connectivity index (χ1) is 14.1. The first-order valence-corrected chi connectivity index (χ1v) is 11.8. The van der Waals surface area contributed by atoms with Gasteiger partial charge in [0.2, 0.25) is 10.0 Å². The van der Waals surface area contributed by atoms with Crippen molar-refractivity contribution in [2.24, 2.45) is 0 Å². The quantitative estimate of drug-likeness (QED) is 0.768. The van der Waals surface area contributed by atoms with E-state index < -0.39 is 15.9 Å². The van der Waals surface area contributed by atoms with Crippen molar-refractivity contribution in [3.8, 4) is 0 Å². The van der Waals surface area contributed by atoms with E-state index in [0.717, 1.165) is 30.1 Å². The standard InChI is InChI=1S/C19H23N3O5S2/c23-19(20-15-2-1-3-16(14-15)21-5-9-26-10-6-21)18-17(4-13-28-18)29(24,25)22-7-11-27-12-8-22/h1-4,13-14H,5-12H2,(H,20,23). The zero-order valence-corrected chi connectivity index (χ0v) is 17.5. The fraction of sp³-hybridized carbons (Fsp3) is 0.421. The average Bonchev–Trinajstić information content (AvgIpc) is 3.26. The molecule has 0 atom stereocenters. The van der Waals surface area contributed by atoms with Gasteiger partial charge in [0.05, 0.1) is 26.4 Å². The number of benzene rings is 1. The van der Waals surface area contributed by atoms with Gasteiger partial charge in [-0.1, -0.05) is 6.07 Å². The summed E-state index contributed by atoms with van der Waals surface area (Å²) in [5.74, 6) is -0.425. The lowest BCUT2D eigenvalue weighted by Crippen LogP contribution is -2.41. The molecule has 156 valence electrons. The van der Waals surface area contributed by atoms with E-state index in [1.54, 1.807) is 11.4 Å². The minimum absolute atomic E-state index is 0.0474. The normalized spacial score (nSPS) is 18.6. The zero-order valence-electron chi connectivity index (χ0n) is 15.9. The van der Waals surface area contributed by atoms with Gasteiger partial charge in [-0.25, -0.2) is 8.42 Å². The van der Waals surface area contributed by atoms with Crippen LogP contribution in [0.15, 0.2) is 40.6 Å². The van der Waals surface area contributed by atoms with Crippen LogP contribution in [0.1, 0.15) is 9.67 Å². The van der Waals surface area contributed by atoms with Crippen LogP contribution in [0.3, 0.4) is 0 Å². The van der Waals surface area contributed by atoms with Crippen LogP contribution in [0, 0.1) is 0 Å². The first-order valence-electron chi connectivity index (χ1n) is 9.45. The molecule has 2 saturated heterocycles. The molecular formula is C19H23N3O5S2. The molecule has 0 radical (unpaired) electrons. The largest absolute Gasteiger partial charge is 0.379 e. The summed E-state index contributed by atoms with van der Waals surface area (Å²) in [4.78, 5) is 15.3. The second kappa shape index (κ2) is 8.80. The average molecular weight is 438 g/mol. The van der Waals surface area contributed by atoms with Crippen LogP contribution in [0.25, 0.3) is 0 Å². The van der Waals surface area contributed by atoms with Gasteiger partial charge >= 0.3 is 0 Å². The highest BCUT2D eigenvalue weighted by Gasteiger charge is 2.31. The first kappa shape index (κ1) is 20.3. The number of nitrogens with one attached hydrogen (secondary N) is 1. The molecule has 2 fully saturated rings. The molecule has 1 amide bonds. The van der Waals surface area contributed by atoms with Gasteiger partial charge < -0.3 is 19.7 Å². The molecular weight excluding hydrogens is 414 g/mol. The SMILES string of the molecule is O=C(Nc1cccc(N2CCOCC2)c1)c1sccc1S(=O)(=O)N1CCOCC1.